The molecule has 2 rings (SSSR count). The molecule has 1 heterocycles. The lowest BCUT2D eigenvalue weighted by Crippen LogP contribution is -2.19. The number of rotatable bonds is 3. The van der Waals surface area contributed by atoms with E-state index < -0.39 is 0 Å². The van der Waals surface area contributed by atoms with Gasteiger partial charge in [0.2, 0.25) is 0 Å². The Morgan fingerprint density at radius 2 is 1.90 bits per heavy atom. The van der Waals surface area contributed by atoms with Crippen LogP contribution in [0.15, 0.2) is 23.6 Å². The molecular formula is C17H24N2S. The van der Waals surface area contributed by atoms with E-state index in [1.54, 1.807) is 11.3 Å². The molecule has 0 fully saturated rings. The molecule has 0 spiro atoms. The molecule has 0 saturated carbocycles. The minimum Gasteiger partial charge on any atom is -0.307 e. The van der Waals surface area contributed by atoms with E-state index in [9.17, 15) is 0 Å². The summed E-state index contributed by atoms with van der Waals surface area (Å²) in [6, 6.07) is 6.78. The fourth-order valence-corrected chi connectivity index (χ4v) is 3.42. The van der Waals surface area contributed by atoms with E-state index in [1.807, 2.05) is 7.05 Å². The van der Waals surface area contributed by atoms with Gasteiger partial charge in [-0.2, -0.15) is 0 Å². The fraction of sp³-hybridized carbons (Fsp3) is 0.471. The van der Waals surface area contributed by atoms with Crippen molar-refractivity contribution in [3.63, 3.8) is 0 Å². The third-order valence-corrected chi connectivity index (χ3v) is 4.48. The number of aryl methyl sites for hydroxylation is 2. The number of nitrogens with one attached hydrogen (secondary N) is 1. The minimum atomic E-state index is 0.106. The predicted molar refractivity (Wildman–Crippen MR) is 87.6 cm³/mol. The highest BCUT2D eigenvalue weighted by molar-refractivity contribution is 7.09. The molecule has 108 valence electrons. The van der Waals surface area contributed by atoms with Crippen LogP contribution in [0.5, 0.6) is 0 Å². The number of hydrogen-bond donors (Lipinski definition) is 1. The Bertz CT molecular complexity index is 593. The maximum absolute atomic E-state index is 4.86. The zero-order valence-electron chi connectivity index (χ0n) is 13.2. The molecule has 0 saturated heterocycles. The monoisotopic (exact) mass is 288 g/mol. The van der Waals surface area contributed by atoms with E-state index in [0.29, 0.717) is 0 Å². The predicted octanol–water partition coefficient (Wildman–Crippen LogP) is 4.37. The summed E-state index contributed by atoms with van der Waals surface area (Å²) in [4.78, 5) is 4.86. The fourth-order valence-electron chi connectivity index (χ4n) is 2.25. The molecule has 0 amide bonds. The Morgan fingerprint density at radius 3 is 2.45 bits per heavy atom. The zero-order valence-corrected chi connectivity index (χ0v) is 14.1. The van der Waals surface area contributed by atoms with E-state index in [2.05, 4.69) is 63.5 Å². The van der Waals surface area contributed by atoms with Crippen LogP contribution >= 0.6 is 11.3 Å². The molecular weight excluding hydrogens is 264 g/mol. The third-order valence-electron chi connectivity index (χ3n) is 3.57. The molecule has 20 heavy (non-hydrogen) atoms. The average Bonchev–Trinajstić information content (AvgIpc) is 2.84. The quantitative estimate of drug-likeness (QED) is 0.907. The second-order valence-electron chi connectivity index (χ2n) is 6.40. The summed E-state index contributed by atoms with van der Waals surface area (Å²) in [5.41, 5.74) is 5.19. The van der Waals surface area contributed by atoms with Crippen molar-refractivity contribution in [2.75, 3.05) is 7.05 Å². The number of hydrogen-bond acceptors (Lipinski definition) is 3. The summed E-state index contributed by atoms with van der Waals surface area (Å²) in [5.74, 6) is 0. The first kappa shape index (κ1) is 15.2. The molecule has 0 bridgehead atoms. The van der Waals surface area contributed by atoms with Crippen LogP contribution in [0.3, 0.4) is 0 Å². The molecule has 0 aliphatic carbocycles. The first-order valence-electron chi connectivity index (χ1n) is 7.03. The Balaban J connectivity index is 2.42. The standard InChI is InChI=1S/C17H24N2S/c1-11-7-8-12(2)13(9-11)15(18-6)16-19-14(10-20-16)17(3,4)5/h7-10,15,18H,1-6H3. The van der Waals surface area contributed by atoms with Crippen LogP contribution in [0.2, 0.25) is 0 Å². The van der Waals surface area contributed by atoms with Crippen LogP contribution in [0, 0.1) is 13.8 Å². The Hall–Kier alpha value is -1.19. The van der Waals surface area contributed by atoms with Gasteiger partial charge in [0.1, 0.15) is 5.01 Å². The van der Waals surface area contributed by atoms with Crippen molar-refractivity contribution in [1.82, 2.24) is 10.3 Å². The lowest BCUT2D eigenvalue weighted by molar-refractivity contribution is 0.566. The number of aromatic nitrogens is 1. The second kappa shape index (κ2) is 5.66. The first-order valence-corrected chi connectivity index (χ1v) is 7.91. The van der Waals surface area contributed by atoms with Crippen LogP contribution in [-0.2, 0) is 5.41 Å². The van der Waals surface area contributed by atoms with Crippen molar-refractivity contribution in [2.24, 2.45) is 0 Å². The molecule has 1 N–H and O–H groups in total. The lowest BCUT2D eigenvalue weighted by atomic mass is 9.93. The van der Waals surface area contributed by atoms with E-state index in [0.717, 1.165) is 5.01 Å². The summed E-state index contributed by atoms with van der Waals surface area (Å²) in [6.07, 6.45) is 0. The number of thiazole rings is 1. The summed E-state index contributed by atoms with van der Waals surface area (Å²) >= 11 is 1.74. The third kappa shape index (κ3) is 3.10. The molecule has 0 aliphatic heterocycles. The molecule has 1 aromatic carbocycles. The van der Waals surface area contributed by atoms with E-state index in [-0.39, 0.29) is 11.5 Å². The van der Waals surface area contributed by atoms with E-state index >= 15 is 0 Å². The van der Waals surface area contributed by atoms with Gasteiger partial charge in [0.05, 0.1) is 11.7 Å². The summed E-state index contributed by atoms with van der Waals surface area (Å²) in [6.45, 7) is 10.9. The van der Waals surface area contributed by atoms with Gasteiger partial charge in [0, 0.05) is 10.8 Å². The van der Waals surface area contributed by atoms with Gasteiger partial charge in [-0.15, -0.1) is 11.3 Å². The Labute approximate surface area is 126 Å². The largest absolute Gasteiger partial charge is 0.307 e. The van der Waals surface area contributed by atoms with Gasteiger partial charge in [-0.1, -0.05) is 44.5 Å². The average molecular weight is 288 g/mol. The highest BCUT2D eigenvalue weighted by Crippen LogP contribution is 2.31. The normalized spacial score (nSPS) is 13.5. The highest BCUT2D eigenvalue weighted by atomic mass is 32.1. The van der Waals surface area contributed by atoms with Crippen molar-refractivity contribution in [2.45, 2.75) is 46.1 Å². The highest BCUT2D eigenvalue weighted by Gasteiger charge is 2.22. The minimum absolute atomic E-state index is 0.106. The maximum Gasteiger partial charge on any atom is 0.114 e. The van der Waals surface area contributed by atoms with Crippen molar-refractivity contribution in [3.05, 3.63) is 51.0 Å². The molecule has 1 unspecified atom stereocenters. The van der Waals surface area contributed by atoms with Gasteiger partial charge in [-0.05, 0) is 32.0 Å². The molecule has 3 heteroatoms. The van der Waals surface area contributed by atoms with Crippen molar-refractivity contribution >= 4 is 11.3 Å². The molecule has 2 nitrogen and oxygen atoms in total. The van der Waals surface area contributed by atoms with Crippen LogP contribution < -0.4 is 5.32 Å². The van der Waals surface area contributed by atoms with E-state index in [4.69, 9.17) is 4.98 Å². The van der Waals surface area contributed by atoms with E-state index in [1.165, 1.54) is 22.4 Å². The van der Waals surface area contributed by atoms with Crippen LogP contribution in [0.25, 0.3) is 0 Å². The Morgan fingerprint density at radius 1 is 1.20 bits per heavy atom. The van der Waals surface area contributed by atoms with Crippen molar-refractivity contribution in [1.29, 1.82) is 0 Å². The Kier molecular flexibility index (Phi) is 4.31. The molecule has 1 atom stereocenters. The number of benzene rings is 1. The van der Waals surface area contributed by atoms with Crippen molar-refractivity contribution < 1.29 is 0 Å². The van der Waals surface area contributed by atoms with Gasteiger partial charge >= 0.3 is 0 Å². The van der Waals surface area contributed by atoms with Gasteiger partial charge < -0.3 is 5.32 Å². The topological polar surface area (TPSA) is 24.9 Å². The molecule has 1 aromatic heterocycles. The molecule has 0 aliphatic rings. The smallest absolute Gasteiger partial charge is 0.114 e. The molecule has 2 aromatic rings. The van der Waals surface area contributed by atoms with Gasteiger partial charge in [0.25, 0.3) is 0 Å². The summed E-state index contributed by atoms with van der Waals surface area (Å²) in [5, 5.41) is 6.75. The first-order chi connectivity index (χ1) is 9.32. The van der Waals surface area contributed by atoms with Gasteiger partial charge in [-0.25, -0.2) is 4.98 Å². The van der Waals surface area contributed by atoms with Crippen LogP contribution in [0.4, 0.5) is 0 Å². The molecule has 0 radical (unpaired) electrons. The van der Waals surface area contributed by atoms with Crippen molar-refractivity contribution in [3.8, 4) is 0 Å². The van der Waals surface area contributed by atoms with Gasteiger partial charge in [0.15, 0.2) is 0 Å². The van der Waals surface area contributed by atoms with Gasteiger partial charge in [-0.3, -0.25) is 0 Å². The SMILES string of the molecule is CNC(c1nc(C(C)(C)C)cs1)c1cc(C)ccc1C. The lowest BCUT2D eigenvalue weighted by Gasteiger charge is -2.18. The number of nitrogens with zero attached hydrogens (tertiary/aromatic N) is 1. The maximum atomic E-state index is 4.86. The van der Waals surface area contributed by atoms with Crippen LogP contribution in [0.1, 0.15) is 54.2 Å². The zero-order chi connectivity index (χ0) is 14.9. The summed E-state index contributed by atoms with van der Waals surface area (Å²) in [7, 11) is 2.00. The second-order valence-corrected chi connectivity index (χ2v) is 7.29. The van der Waals surface area contributed by atoms with Crippen LogP contribution in [-0.4, -0.2) is 12.0 Å². The summed E-state index contributed by atoms with van der Waals surface area (Å²) < 4.78 is 0.